The van der Waals surface area contributed by atoms with Crippen molar-refractivity contribution in [2.45, 2.75) is 66.7 Å². The molecule has 2 aromatic rings. The third-order valence-corrected chi connectivity index (χ3v) is 6.78. The molecule has 4 nitrogen and oxygen atoms in total. The van der Waals surface area contributed by atoms with Gasteiger partial charge in [-0.25, -0.2) is 0 Å². The highest BCUT2D eigenvalue weighted by Crippen LogP contribution is 2.41. The maximum Gasteiger partial charge on any atom is 0.232 e. The Morgan fingerprint density at radius 1 is 1.14 bits per heavy atom. The van der Waals surface area contributed by atoms with Crippen LogP contribution in [0.2, 0.25) is 0 Å². The molecule has 36 heavy (non-hydrogen) atoms. The number of nitrogens with zero attached hydrogens (tertiary/aromatic N) is 1. The van der Waals surface area contributed by atoms with Crippen molar-refractivity contribution in [1.82, 2.24) is 4.90 Å². The zero-order chi connectivity index (χ0) is 27.1. The molecule has 0 saturated heterocycles. The van der Waals surface area contributed by atoms with Gasteiger partial charge < -0.3 is 15.4 Å². The summed E-state index contributed by atoms with van der Waals surface area (Å²) in [6.45, 7) is 16.8. The third-order valence-electron chi connectivity index (χ3n) is 6.78. The summed E-state index contributed by atoms with van der Waals surface area (Å²) in [6.07, 6.45) is 7.80. The Morgan fingerprint density at radius 3 is 2.36 bits per heavy atom. The number of aryl methyl sites for hydroxylation is 1. The Hall–Kier alpha value is -2.85. The lowest BCUT2D eigenvalue weighted by Gasteiger charge is -2.39. The van der Waals surface area contributed by atoms with Crippen molar-refractivity contribution in [2.75, 3.05) is 26.7 Å². The van der Waals surface area contributed by atoms with Crippen LogP contribution in [-0.2, 0) is 16.6 Å². The average Bonchev–Trinajstić information content (AvgIpc) is 2.88. The highest BCUT2D eigenvalue weighted by molar-refractivity contribution is 5.91. The average molecular weight is 493 g/mol. The van der Waals surface area contributed by atoms with Gasteiger partial charge in [-0.05, 0) is 82.8 Å². The first-order valence-corrected chi connectivity index (χ1v) is 13.3. The molecule has 4 heteroatoms. The minimum Gasteiger partial charge on any atom is -0.494 e. The summed E-state index contributed by atoms with van der Waals surface area (Å²) in [6, 6.07) is 16.4. The fraction of sp³-hybridized carbons (Fsp3) is 0.469. The number of allylic oxidation sites excluding steroid dienone is 3. The lowest BCUT2D eigenvalue weighted by atomic mass is 9.64. The van der Waals surface area contributed by atoms with Gasteiger partial charge in [-0.2, -0.15) is 0 Å². The van der Waals surface area contributed by atoms with Crippen LogP contribution >= 0.6 is 0 Å². The molecule has 2 atom stereocenters. The van der Waals surface area contributed by atoms with Gasteiger partial charge in [0.1, 0.15) is 5.75 Å². The van der Waals surface area contributed by atoms with Crippen LogP contribution in [0.15, 0.2) is 72.3 Å². The molecule has 198 valence electrons. The van der Waals surface area contributed by atoms with E-state index < -0.39 is 5.41 Å². The Kier molecular flexibility index (Phi) is 13.9. The monoisotopic (exact) mass is 492 g/mol. The standard InChI is InChI=1S/C30H42N2O2.C2H6/c1-7-9-13-24(4)30(29(31)33,27-14-11-10-12-15-27)25(5)18-20-32(6)21-19-26-16-17-28(34-8-2)23(3)22-26;1-2/h7,9-17,22,25H,8,18-21H2,1-6H3,(H2,31,33);1-2H3/b9-7-,24-13+;. The van der Waals surface area contributed by atoms with Crippen molar-refractivity contribution in [3.05, 3.63) is 89.0 Å². The molecule has 0 saturated carbocycles. The molecule has 0 spiro atoms. The summed E-state index contributed by atoms with van der Waals surface area (Å²) in [5, 5.41) is 0. The Labute approximate surface area is 220 Å². The zero-order valence-corrected chi connectivity index (χ0v) is 23.8. The first-order chi connectivity index (χ1) is 17.3. The van der Waals surface area contributed by atoms with Crippen molar-refractivity contribution in [2.24, 2.45) is 11.7 Å². The fourth-order valence-corrected chi connectivity index (χ4v) is 4.80. The molecule has 0 heterocycles. The third kappa shape index (κ3) is 8.09. The first-order valence-electron chi connectivity index (χ1n) is 13.3. The number of hydrogen-bond donors (Lipinski definition) is 1. The molecular formula is C32H48N2O2. The summed E-state index contributed by atoms with van der Waals surface area (Å²) in [7, 11) is 2.14. The van der Waals surface area contributed by atoms with Gasteiger partial charge in [-0.15, -0.1) is 0 Å². The van der Waals surface area contributed by atoms with Gasteiger partial charge in [0.05, 0.1) is 12.0 Å². The highest BCUT2D eigenvalue weighted by Gasteiger charge is 2.44. The number of benzene rings is 2. The van der Waals surface area contributed by atoms with E-state index >= 15 is 0 Å². The fourth-order valence-electron chi connectivity index (χ4n) is 4.80. The van der Waals surface area contributed by atoms with E-state index in [0.29, 0.717) is 6.61 Å². The van der Waals surface area contributed by atoms with Crippen molar-refractivity contribution < 1.29 is 9.53 Å². The molecule has 2 unspecified atom stereocenters. The largest absolute Gasteiger partial charge is 0.494 e. The molecule has 0 bridgehead atoms. The van der Waals surface area contributed by atoms with Gasteiger partial charge in [0.2, 0.25) is 5.91 Å². The maximum absolute atomic E-state index is 13.1. The Balaban J connectivity index is 0.00000316. The predicted molar refractivity (Wildman–Crippen MR) is 155 cm³/mol. The summed E-state index contributed by atoms with van der Waals surface area (Å²) in [4.78, 5) is 15.4. The number of carbonyl (C=O) groups is 1. The van der Waals surface area contributed by atoms with Crippen LogP contribution in [0.3, 0.4) is 0 Å². The molecular weight excluding hydrogens is 444 g/mol. The summed E-state index contributed by atoms with van der Waals surface area (Å²) >= 11 is 0. The van der Waals surface area contributed by atoms with Gasteiger partial charge >= 0.3 is 0 Å². The van der Waals surface area contributed by atoms with E-state index in [1.165, 1.54) is 11.1 Å². The summed E-state index contributed by atoms with van der Waals surface area (Å²) in [5.74, 6) is 0.708. The SMILES string of the molecule is C/C=C\C=C(/C)C(C(N)=O)(c1ccccc1)C(C)CCN(C)CCc1ccc(OCC)c(C)c1.CC. The number of amides is 1. The second-order valence-corrected chi connectivity index (χ2v) is 9.19. The van der Waals surface area contributed by atoms with Crippen LogP contribution in [0.5, 0.6) is 5.75 Å². The molecule has 2 aromatic carbocycles. The molecule has 0 radical (unpaired) electrons. The smallest absolute Gasteiger partial charge is 0.232 e. The minimum absolute atomic E-state index is 0.0454. The van der Waals surface area contributed by atoms with Crippen LogP contribution in [0.1, 0.15) is 64.7 Å². The topological polar surface area (TPSA) is 55.6 Å². The lowest BCUT2D eigenvalue weighted by molar-refractivity contribution is -0.124. The number of carbonyl (C=O) groups excluding carboxylic acids is 1. The summed E-state index contributed by atoms with van der Waals surface area (Å²) < 4.78 is 5.66. The van der Waals surface area contributed by atoms with Crippen molar-refractivity contribution >= 4 is 5.91 Å². The lowest BCUT2D eigenvalue weighted by Crippen LogP contribution is -2.48. The molecule has 0 aliphatic rings. The van der Waals surface area contributed by atoms with Gasteiger partial charge in [0, 0.05) is 6.54 Å². The van der Waals surface area contributed by atoms with Crippen LogP contribution in [0.4, 0.5) is 0 Å². The van der Waals surface area contributed by atoms with E-state index in [1.807, 2.05) is 83.2 Å². The van der Waals surface area contributed by atoms with E-state index in [1.54, 1.807) is 0 Å². The molecule has 0 aliphatic heterocycles. The van der Waals surface area contributed by atoms with E-state index in [9.17, 15) is 4.79 Å². The number of ether oxygens (including phenoxy) is 1. The van der Waals surface area contributed by atoms with E-state index in [4.69, 9.17) is 10.5 Å². The van der Waals surface area contributed by atoms with Crippen LogP contribution in [0, 0.1) is 12.8 Å². The Bertz CT molecular complexity index is 981. The Morgan fingerprint density at radius 2 is 1.81 bits per heavy atom. The predicted octanol–water partition coefficient (Wildman–Crippen LogP) is 6.87. The normalized spacial score (nSPS) is 14.2. The molecule has 0 aliphatic carbocycles. The van der Waals surface area contributed by atoms with Gasteiger partial charge in [-0.3, -0.25) is 4.79 Å². The second kappa shape index (κ2) is 16.0. The van der Waals surface area contributed by atoms with Crippen LogP contribution in [-0.4, -0.2) is 37.6 Å². The summed E-state index contributed by atoms with van der Waals surface area (Å²) in [5.41, 5.74) is 9.72. The number of hydrogen-bond acceptors (Lipinski definition) is 3. The molecule has 0 fully saturated rings. The number of nitrogens with two attached hydrogens (primary N) is 1. The van der Waals surface area contributed by atoms with Crippen LogP contribution in [0.25, 0.3) is 0 Å². The second-order valence-electron chi connectivity index (χ2n) is 9.19. The highest BCUT2D eigenvalue weighted by atomic mass is 16.5. The van der Waals surface area contributed by atoms with Crippen molar-refractivity contribution in [3.63, 3.8) is 0 Å². The first kappa shape index (κ1) is 31.2. The number of likely N-dealkylation sites (N-methyl/N-ethyl adjacent to an activating group) is 1. The quantitative estimate of drug-likeness (QED) is 0.311. The van der Waals surface area contributed by atoms with E-state index in [-0.39, 0.29) is 11.8 Å². The van der Waals surface area contributed by atoms with Gasteiger partial charge in [0.15, 0.2) is 0 Å². The van der Waals surface area contributed by atoms with Gasteiger partial charge in [-0.1, -0.05) is 87.0 Å². The van der Waals surface area contributed by atoms with Crippen LogP contribution < -0.4 is 10.5 Å². The molecule has 0 aromatic heterocycles. The number of rotatable bonds is 13. The van der Waals surface area contributed by atoms with Gasteiger partial charge in [0.25, 0.3) is 0 Å². The molecule has 1 amide bonds. The number of primary amides is 1. The maximum atomic E-state index is 13.1. The molecule has 2 rings (SSSR count). The van der Waals surface area contributed by atoms with E-state index in [2.05, 4.69) is 44.0 Å². The van der Waals surface area contributed by atoms with Crippen molar-refractivity contribution in [1.29, 1.82) is 0 Å². The molecule has 2 N–H and O–H groups in total. The minimum atomic E-state index is -0.839. The zero-order valence-electron chi connectivity index (χ0n) is 23.8. The van der Waals surface area contributed by atoms with Crippen molar-refractivity contribution in [3.8, 4) is 5.75 Å². The van der Waals surface area contributed by atoms with E-state index in [0.717, 1.165) is 42.8 Å².